The van der Waals surface area contributed by atoms with Crippen molar-refractivity contribution in [3.63, 3.8) is 0 Å². The first-order chi connectivity index (χ1) is 5.49. The molecule has 0 unspecified atom stereocenters. The lowest BCUT2D eigenvalue weighted by atomic mass is 9.61. The normalized spacial score (nSPS) is 26.2. The molecule has 1 saturated carbocycles. The zero-order valence-electron chi connectivity index (χ0n) is 7.72. The second-order valence-corrected chi connectivity index (χ2v) is 3.82. The van der Waals surface area contributed by atoms with Crippen molar-refractivity contribution in [1.82, 2.24) is 0 Å². The van der Waals surface area contributed by atoms with Gasteiger partial charge in [-0.2, -0.15) is 0 Å². The van der Waals surface area contributed by atoms with Gasteiger partial charge in [0.2, 0.25) is 0 Å². The Labute approximate surface area is 72.1 Å². The molecule has 68 valence electrons. The molecule has 12 heavy (non-hydrogen) atoms. The number of rotatable bonds is 2. The molecule has 0 heterocycles. The molecule has 1 aliphatic rings. The van der Waals surface area contributed by atoms with Crippen LogP contribution < -0.4 is 0 Å². The molecule has 0 bridgehead atoms. The molecule has 1 atom stereocenters. The van der Waals surface area contributed by atoms with E-state index in [4.69, 9.17) is 4.74 Å². The van der Waals surface area contributed by atoms with Crippen LogP contribution in [-0.4, -0.2) is 18.4 Å². The number of hydrogen-bond donors (Lipinski definition) is 0. The first kappa shape index (κ1) is 9.23. The summed E-state index contributed by atoms with van der Waals surface area (Å²) in [5, 5.41) is 0. The molecule has 0 N–H and O–H groups in total. The third-order valence-electron chi connectivity index (χ3n) is 2.26. The highest BCUT2D eigenvalue weighted by Crippen LogP contribution is 2.43. The molecule has 1 aliphatic carbocycles. The van der Waals surface area contributed by atoms with Crippen molar-refractivity contribution in [2.45, 2.75) is 27.2 Å². The van der Waals surface area contributed by atoms with E-state index in [1.54, 1.807) is 6.92 Å². The highest BCUT2D eigenvalue weighted by molar-refractivity contribution is 6.05. The number of Topliss-reactive ketones (excluding diaryl/α,β-unsaturated/α-hetero) is 1. The quantitative estimate of drug-likeness (QED) is 0.461. The van der Waals surface area contributed by atoms with Gasteiger partial charge in [-0.1, -0.05) is 13.8 Å². The molecule has 0 aromatic heterocycles. The maximum atomic E-state index is 11.2. The van der Waals surface area contributed by atoms with E-state index >= 15 is 0 Å². The van der Waals surface area contributed by atoms with Gasteiger partial charge in [-0.05, 0) is 12.3 Å². The van der Waals surface area contributed by atoms with Gasteiger partial charge < -0.3 is 4.74 Å². The highest BCUT2D eigenvalue weighted by Gasteiger charge is 2.51. The smallest absolute Gasteiger partial charge is 0.317 e. The SMILES string of the molecule is CCOC(=O)[C@@H]1C(=O)CC1(C)C. The predicted molar refractivity (Wildman–Crippen MR) is 43.5 cm³/mol. The fourth-order valence-corrected chi connectivity index (χ4v) is 1.63. The van der Waals surface area contributed by atoms with E-state index in [0.29, 0.717) is 13.0 Å². The van der Waals surface area contributed by atoms with Gasteiger partial charge in [0.15, 0.2) is 0 Å². The Kier molecular flexibility index (Phi) is 2.22. The minimum Gasteiger partial charge on any atom is -0.465 e. The molecule has 1 fully saturated rings. The lowest BCUT2D eigenvalue weighted by Crippen LogP contribution is -2.49. The van der Waals surface area contributed by atoms with Gasteiger partial charge in [-0.15, -0.1) is 0 Å². The number of carbonyl (C=O) groups is 2. The average Bonchev–Trinajstić information content (AvgIpc) is 1.84. The second kappa shape index (κ2) is 2.88. The molecule has 1 rings (SSSR count). The summed E-state index contributed by atoms with van der Waals surface area (Å²) in [5.41, 5.74) is -0.191. The maximum absolute atomic E-state index is 11.2. The first-order valence-electron chi connectivity index (χ1n) is 4.18. The zero-order chi connectivity index (χ0) is 9.35. The van der Waals surface area contributed by atoms with E-state index in [9.17, 15) is 9.59 Å². The van der Waals surface area contributed by atoms with Crippen molar-refractivity contribution >= 4 is 11.8 Å². The molecular weight excluding hydrogens is 156 g/mol. The average molecular weight is 170 g/mol. The molecule has 0 saturated heterocycles. The van der Waals surface area contributed by atoms with Gasteiger partial charge in [0.1, 0.15) is 11.7 Å². The van der Waals surface area contributed by atoms with Crippen LogP contribution in [0.4, 0.5) is 0 Å². The Balaban J connectivity index is 2.62. The standard InChI is InChI=1S/C9H14O3/c1-4-12-8(11)7-6(10)5-9(7,2)3/h7H,4-5H2,1-3H3/t7-/m0/s1. The maximum Gasteiger partial charge on any atom is 0.317 e. The van der Waals surface area contributed by atoms with Crippen LogP contribution in [0.1, 0.15) is 27.2 Å². The Morgan fingerprint density at radius 1 is 1.67 bits per heavy atom. The number of esters is 1. The van der Waals surface area contributed by atoms with Crippen molar-refractivity contribution < 1.29 is 14.3 Å². The van der Waals surface area contributed by atoms with E-state index in [2.05, 4.69) is 0 Å². The fourth-order valence-electron chi connectivity index (χ4n) is 1.63. The number of hydrogen-bond acceptors (Lipinski definition) is 3. The molecule has 3 nitrogen and oxygen atoms in total. The minimum absolute atomic E-state index is 0.0125. The van der Waals surface area contributed by atoms with Crippen LogP contribution in [0.2, 0.25) is 0 Å². The van der Waals surface area contributed by atoms with Crippen LogP contribution in [-0.2, 0) is 14.3 Å². The zero-order valence-corrected chi connectivity index (χ0v) is 7.72. The van der Waals surface area contributed by atoms with Crippen LogP contribution in [0.3, 0.4) is 0 Å². The first-order valence-corrected chi connectivity index (χ1v) is 4.18. The lowest BCUT2D eigenvalue weighted by Gasteiger charge is -2.40. The third-order valence-corrected chi connectivity index (χ3v) is 2.26. The molecule has 3 heteroatoms. The Morgan fingerprint density at radius 3 is 2.58 bits per heavy atom. The Bertz CT molecular complexity index is 218. The van der Waals surface area contributed by atoms with Crippen molar-refractivity contribution in [2.24, 2.45) is 11.3 Å². The number of carbonyl (C=O) groups excluding carboxylic acids is 2. The van der Waals surface area contributed by atoms with Crippen LogP contribution in [0, 0.1) is 11.3 Å². The third kappa shape index (κ3) is 1.36. The van der Waals surface area contributed by atoms with E-state index < -0.39 is 5.92 Å². The molecule has 0 aromatic rings. The fraction of sp³-hybridized carbons (Fsp3) is 0.778. The molecule has 0 spiro atoms. The van der Waals surface area contributed by atoms with E-state index in [-0.39, 0.29) is 17.2 Å². The largest absolute Gasteiger partial charge is 0.465 e. The van der Waals surface area contributed by atoms with Crippen molar-refractivity contribution in [2.75, 3.05) is 6.61 Å². The number of ketones is 1. The summed E-state index contributed by atoms with van der Waals surface area (Å²) in [4.78, 5) is 22.3. The molecule has 0 radical (unpaired) electrons. The minimum atomic E-state index is -0.516. The summed E-state index contributed by atoms with van der Waals surface area (Å²) < 4.78 is 4.79. The van der Waals surface area contributed by atoms with Gasteiger partial charge in [-0.3, -0.25) is 9.59 Å². The van der Waals surface area contributed by atoms with E-state index in [1.807, 2.05) is 13.8 Å². The molecule has 0 amide bonds. The predicted octanol–water partition coefficient (Wildman–Crippen LogP) is 1.16. The second-order valence-electron chi connectivity index (χ2n) is 3.82. The van der Waals surface area contributed by atoms with Gasteiger partial charge in [-0.25, -0.2) is 0 Å². The number of ether oxygens (including phenoxy) is 1. The summed E-state index contributed by atoms with van der Waals surface area (Å²) in [6, 6.07) is 0. The van der Waals surface area contributed by atoms with Crippen LogP contribution in [0.15, 0.2) is 0 Å². The lowest BCUT2D eigenvalue weighted by molar-refractivity contribution is -0.165. The summed E-state index contributed by atoms with van der Waals surface area (Å²) in [6.45, 7) is 5.92. The van der Waals surface area contributed by atoms with Crippen LogP contribution >= 0.6 is 0 Å². The van der Waals surface area contributed by atoms with Gasteiger partial charge >= 0.3 is 5.97 Å². The van der Waals surface area contributed by atoms with Crippen molar-refractivity contribution in [3.05, 3.63) is 0 Å². The molecule has 0 aromatic carbocycles. The monoisotopic (exact) mass is 170 g/mol. The summed E-state index contributed by atoms with van der Waals surface area (Å²) in [7, 11) is 0. The van der Waals surface area contributed by atoms with Crippen molar-refractivity contribution in [1.29, 1.82) is 0 Å². The van der Waals surface area contributed by atoms with Gasteiger partial charge in [0, 0.05) is 6.42 Å². The highest BCUT2D eigenvalue weighted by atomic mass is 16.5. The van der Waals surface area contributed by atoms with Crippen LogP contribution in [0.25, 0.3) is 0 Å². The van der Waals surface area contributed by atoms with Gasteiger partial charge in [0.25, 0.3) is 0 Å². The summed E-state index contributed by atoms with van der Waals surface area (Å²) in [5.74, 6) is -0.866. The van der Waals surface area contributed by atoms with E-state index in [0.717, 1.165) is 0 Å². The molecule has 0 aliphatic heterocycles. The van der Waals surface area contributed by atoms with E-state index in [1.165, 1.54) is 0 Å². The Morgan fingerprint density at radius 2 is 2.25 bits per heavy atom. The Hall–Kier alpha value is -0.860. The van der Waals surface area contributed by atoms with Gasteiger partial charge in [0.05, 0.1) is 6.61 Å². The summed E-state index contributed by atoms with van der Waals surface area (Å²) >= 11 is 0. The topological polar surface area (TPSA) is 43.4 Å². The summed E-state index contributed by atoms with van der Waals surface area (Å²) in [6.07, 6.45) is 0.497. The van der Waals surface area contributed by atoms with Crippen LogP contribution in [0.5, 0.6) is 0 Å². The van der Waals surface area contributed by atoms with Crippen molar-refractivity contribution in [3.8, 4) is 0 Å². The molecular formula is C9H14O3.